The van der Waals surface area contributed by atoms with Gasteiger partial charge in [0.1, 0.15) is 0 Å². The summed E-state index contributed by atoms with van der Waals surface area (Å²) >= 11 is 0. The van der Waals surface area contributed by atoms with Crippen LogP contribution in [0.4, 0.5) is 5.69 Å². The Bertz CT molecular complexity index is 429. The Morgan fingerprint density at radius 2 is 2.24 bits per heavy atom. The number of carbonyl (C=O) groups excluding carboxylic acids is 1. The first kappa shape index (κ1) is 11.9. The maximum Gasteiger partial charge on any atom is 0.236 e. The lowest BCUT2D eigenvalue weighted by atomic mass is 9.98. The van der Waals surface area contributed by atoms with Crippen LogP contribution in [0.25, 0.3) is 0 Å². The van der Waals surface area contributed by atoms with Crippen molar-refractivity contribution in [3.63, 3.8) is 0 Å². The number of nitrogens with zero attached hydrogens (tertiary/aromatic N) is 2. The first-order chi connectivity index (χ1) is 8.08. The standard InChI is InChI=1S/C13H19N3O/c1-15(2)13(17)9-16-7-6-11-10(8-16)4-3-5-12(11)14/h3-5H,6-9,14H2,1-2H3. The van der Waals surface area contributed by atoms with Crippen molar-refractivity contribution in [2.45, 2.75) is 13.0 Å². The number of nitrogen functional groups attached to an aromatic ring is 1. The average molecular weight is 233 g/mol. The number of benzene rings is 1. The zero-order valence-electron chi connectivity index (χ0n) is 10.4. The van der Waals surface area contributed by atoms with Crippen molar-refractivity contribution in [3.8, 4) is 0 Å². The molecule has 1 aliphatic heterocycles. The van der Waals surface area contributed by atoms with E-state index in [-0.39, 0.29) is 5.91 Å². The predicted molar refractivity (Wildman–Crippen MR) is 68.5 cm³/mol. The highest BCUT2D eigenvalue weighted by atomic mass is 16.2. The number of amides is 1. The van der Waals surface area contributed by atoms with Crippen LogP contribution in [0.2, 0.25) is 0 Å². The number of rotatable bonds is 2. The third kappa shape index (κ3) is 2.58. The van der Waals surface area contributed by atoms with Crippen LogP contribution in [0.5, 0.6) is 0 Å². The molecule has 1 amide bonds. The van der Waals surface area contributed by atoms with Crippen LogP contribution in [0.3, 0.4) is 0 Å². The van der Waals surface area contributed by atoms with E-state index in [1.165, 1.54) is 11.1 Å². The molecule has 2 N–H and O–H groups in total. The highest BCUT2D eigenvalue weighted by molar-refractivity contribution is 5.77. The smallest absolute Gasteiger partial charge is 0.236 e. The second-order valence-electron chi connectivity index (χ2n) is 4.73. The van der Waals surface area contributed by atoms with Crippen molar-refractivity contribution in [1.82, 2.24) is 9.80 Å². The third-order valence-electron chi connectivity index (χ3n) is 3.24. The molecule has 1 aromatic rings. The average Bonchev–Trinajstić information content (AvgIpc) is 2.29. The summed E-state index contributed by atoms with van der Waals surface area (Å²) in [5.41, 5.74) is 9.32. The molecule has 2 rings (SSSR count). The largest absolute Gasteiger partial charge is 0.398 e. The van der Waals surface area contributed by atoms with Crippen LogP contribution in [0.1, 0.15) is 11.1 Å². The minimum absolute atomic E-state index is 0.150. The Morgan fingerprint density at radius 3 is 2.94 bits per heavy atom. The van der Waals surface area contributed by atoms with E-state index in [4.69, 9.17) is 5.73 Å². The molecule has 1 aliphatic rings. The van der Waals surface area contributed by atoms with Crippen LogP contribution in [-0.2, 0) is 17.8 Å². The first-order valence-electron chi connectivity index (χ1n) is 5.86. The summed E-state index contributed by atoms with van der Waals surface area (Å²) in [4.78, 5) is 15.5. The fourth-order valence-electron chi connectivity index (χ4n) is 2.17. The zero-order valence-corrected chi connectivity index (χ0v) is 10.4. The van der Waals surface area contributed by atoms with Crippen LogP contribution >= 0.6 is 0 Å². The maximum atomic E-state index is 11.6. The van der Waals surface area contributed by atoms with Crippen LogP contribution in [0, 0.1) is 0 Å². The number of fused-ring (bicyclic) bond motifs is 1. The Morgan fingerprint density at radius 1 is 1.47 bits per heavy atom. The number of hydrogen-bond acceptors (Lipinski definition) is 3. The molecule has 0 spiro atoms. The maximum absolute atomic E-state index is 11.6. The molecule has 0 bridgehead atoms. The number of hydrogen-bond donors (Lipinski definition) is 1. The Kier molecular flexibility index (Phi) is 3.33. The molecule has 0 aliphatic carbocycles. The molecule has 1 heterocycles. The fraction of sp³-hybridized carbons (Fsp3) is 0.462. The number of likely N-dealkylation sites (N-methyl/N-ethyl adjacent to an activating group) is 1. The third-order valence-corrected chi connectivity index (χ3v) is 3.24. The van der Waals surface area contributed by atoms with Crippen LogP contribution in [-0.4, -0.2) is 42.9 Å². The van der Waals surface area contributed by atoms with E-state index in [0.717, 1.165) is 25.2 Å². The molecular weight excluding hydrogens is 214 g/mol. The van der Waals surface area contributed by atoms with Gasteiger partial charge >= 0.3 is 0 Å². The molecule has 0 aromatic heterocycles. The molecular formula is C13H19N3O. The quantitative estimate of drug-likeness (QED) is 0.766. The van der Waals surface area contributed by atoms with Gasteiger partial charge in [-0.05, 0) is 23.6 Å². The minimum Gasteiger partial charge on any atom is -0.398 e. The Hall–Kier alpha value is -1.55. The van der Waals surface area contributed by atoms with E-state index in [9.17, 15) is 4.79 Å². The molecule has 17 heavy (non-hydrogen) atoms. The summed E-state index contributed by atoms with van der Waals surface area (Å²) in [6.45, 7) is 2.21. The second kappa shape index (κ2) is 4.75. The van der Waals surface area contributed by atoms with E-state index < -0.39 is 0 Å². The molecule has 1 aromatic carbocycles. The zero-order chi connectivity index (χ0) is 12.4. The van der Waals surface area contributed by atoms with E-state index in [1.54, 1.807) is 19.0 Å². The van der Waals surface area contributed by atoms with Gasteiger partial charge in [-0.3, -0.25) is 9.69 Å². The van der Waals surface area contributed by atoms with E-state index in [0.29, 0.717) is 6.54 Å². The van der Waals surface area contributed by atoms with E-state index in [1.807, 2.05) is 12.1 Å². The minimum atomic E-state index is 0.150. The monoisotopic (exact) mass is 233 g/mol. The van der Waals surface area contributed by atoms with Gasteiger partial charge in [-0.15, -0.1) is 0 Å². The van der Waals surface area contributed by atoms with Crippen LogP contribution in [0.15, 0.2) is 18.2 Å². The van der Waals surface area contributed by atoms with Gasteiger partial charge in [-0.25, -0.2) is 0 Å². The molecule has 4 heteroatoms. The van der Waals surface area contributed by atoms with Crippen molar-refractivity contribution < 1.29 is 4.79 Å². The number of carbonyl (C=O) groups is 1. The molecule has 0 atom stereocenters. The predicted octanol–water partition coefficient (Wildman–Crippen LogP) is 0.715. The molecule has 0 saturated heterocycles. The van der Waals surface area contributed by atoms with Gasteiger partial charge in [0.25, 0.3) is 0 Å². The van der Waals surface area contributed by atoms with Gasteiger partial charge in [0.2, 0.25) is 5.91 Å². The highest BCUT2D eigenvalue weighted by Gasteiger charge is 2.20. The molecule has 4 nitrogen and oxygen atoms in total. The normalized spacial score (nSPS) is 15.4. The SMILES string of the molecule is CN(C)C(=O)CN1CCc2c(N)cccc2C1. The summed E-state index contributed by atoms with van der Waals surface area (Å²) in [6.07, 6.45) is 0.933. The molecule has 0 saturated carbocycles. The van der Waals surface area contributed by atoms with E-state index in [2.05, 4.69) is 11.0 Å². The fourth-order valence-corrected chi connectivity index (χ4v) is 2.17. The second-order valence-corrected chi connectivity index (χ2v) is 4.73. The topological polar surface area (TPSA) is 49.6 Å². The van der Waals surface area contributed by atoms with Crippen molar-refractivity contribution in [2.75, 3.05) is 32.9 Å². The lowest BCUT2D eigenvalue weighted by Gasteiger charge is -2.29. The van der Waals surface area contributed by atoms with Gasteiger partial charge in [-0.2, -0.15) is 0 Å². The Balaban J connectivity index is 2.06. The molecule has 92 valence electrons. The lowest BCUT2D eigenvalue weighted by Crippen LogP contribution is -2.39. The van der Waals surface area contributed by atoms with Crippen molar-refractivity contribution in [1.29, 1.82) is 0 Å². The van der Waals surface area contributed by atoms with Gasteiger partial charge in [0.05, 0.1) is 6.54 Å². The van der Waals surface area contributed by atoms with Gasteiger partial charge in [-0.1, -0.05) is 12.1 Å². The number of anilines is 1. The van der Waals surface area contributed by atoms with Crippen molar-refractivity contribution in [2.24, 2.45) is 0 Å². The van der Waals surface area contributed by atoms with Crippen molar-refractivity contribution in [3.05, 3.63) is 29.3 Å². The summed E-state index contributed by atoms with van der Waals surface area (Å²) in [6, 6.07) is 6.02. The highest BCUT2D eigenvalue weighted by Crippen LogP contribution is 2.23. The molecule has 0 unspecified atom stereocenters. The van der Waals surface area contributed by atoms with Gasteiger partial charge in [0, 0.05) is 32.9 Å². The van der Waals surface area contributed by atoms with Crippen molar-refractivity contribution >= 4 is 11.6 Å². The summed E-state index contributed by atoms with van der Waals surface area (Å²) in [7, 11) is 3.58. The number of nitrogens with two attached hydrogens (primary N) is 1. The summed E-state index contributed by atoms with van der Waals surface area (Å²) in [5, 5.41) is 0. The summed E-state index contributed by atoms with van der Waals surface area (Å²) in [5.74, 6) is 0.150. The Labute approximate surface area is 102 Å². The van der Waals surface area contributed by atoms with Gasteiger partial charge < -0.3 is 10.6 Å². The molecule has 0 fully saturated rings. The lowest BCUT2D eigenvalue weighted by molar-refractivity contribution is -0.130. The van der Waals surface area contributed by atoms with Crippen LogP contribution < -0.4 is 5.73 Å². The molecule has 0 radical (unpaired) electrons. The first-order valence-corrected chi connectivity index (χ1v) is 5.86. The summed E-state index contributed by atoms with van der Waals surface area (Å²) < 4.78 is 0. The van der Waals surface area contributed by atoms with E-state index >= 15 is 0 Å². The van der Waals surface area contributed by atoms with Gasteiger partial charge in [0.15, 0.2) is 0 Å².